The van der Waals surface area contributed by atoms with Crippen LogP contribution in [0.3, 0.4) is 0 Å². The second-order valence-corrected chi connectivity index (χ2v) is 5.51. The molecule has 1 N–H and O–H groups in total. The summed E-state index contributed by atoms with van der Waals surface area (Å²) < 4.78 is 7.88. The van der Waals surface area contributed by atoms with Crippen LogP contribution in [0.15, 0.2) is 16.5 Å². The minimum atomic E-state index is 0.120. The summed E-state index contributed by atoms with van der Waals surface area (Å²) in [7, 11) is 0. The Morgan fingerprint density at radius 3 is 2.67 bits per heavy atom. The Hall–Kier alpha value is -1.26. The molecule has 0 aliphatic carbocycles. The van der Waals surface area contributed by atoms with Crippen molar-refractivity contribution in [2.75, 3.05) is 6.54 Å². The van der Waals surface area contributed by atoms with Gasteiger partial charge in [0.25, 0.3) is 0 Å². The minimum absolute atomic E-state index is 0.120. The van der Waals surface area contributed by atoms with E-state index in [9.17, 15) is 0 Å². The van der Waals surface area contributed by atoms with E-state index >= 15 is 0 Å². The van der Waals surface area contributed by atoms with Crippen LogP contribution < -0.4 is 5.32 Å². The van der Waals surface area contributed by atoms with E-state index in [0.717, 1.165) is 53.9 Å². The number of aromatic nitrogens is 2. The van der Waals surface area contributed by atoms with Crippen molar-refractivity contribution in [3.63, 3.8) is 0 Å². The Morgan fingerprint density at radius 2 is 2.10 bits per heavy atom. The number of rotatable bonds is 7. The summed E-state index contributed by atoms with van der Waals surface area (Å²) in [5, 5.41) is 8.73. The summed E-state index contributed by atoms with van der Waals surface area (Å²) in [5.41, 5.74) is 1.95. The van der Waals surface area contributed by atoms with Gasteiger partial charge in [0.2, 0.25) is 0 Å². The molecule has 116 valence electrons. The van der Waals surface area contributed by atoms with Crippen LogP contribution in [0.5, 0.6) is 0 Å². The molecule has 0 aliphatic rings. The molecule has 0 spiro atoms. The Morgan fingerprint density at radius 1 is 1.33 bits per heavy atom. The van der Waals surface area contributed by atoms with Crippen LogP contribution in [0.25, 0.3) is 0 Å². The molecule has 2 rings (SSSR count). The third-order valence-electron chi connectivity index (χ3n) is 3.68. The van der Waals surface area contributed by atoms with E-state index in [0.29, 0.717) is 0 Å². The summed E-state index contributed by atoms with van der Waals surface area (Å²) in [6, 6.07) is 4.22. The van der Waals surface area contributed by atoms with E-state index in [1.165, 1.54) is 0 Å². The van der Waals surface area contributed by atoms with Crippen molar-refractivity contribution in [2.24, 2.45) is 0 Å². The lowest BCUT2D eigenvalue weighted by atomic mass is 10.1. The summed E-state index contributed by atoms with van der Waals surface area (Å²) in [6.07, 6.45) is 1.68. The van der Waals surface area contributed by atoms with Crippen LogP contribution in [0.1, 0.15) is 49.7 Å². The second kappa shape index (κ2) is 7.14. The van der Waals surface area contributed by atoms with Crippen molar-refractivity contribution in [3.05, 3.63) is 40.1 Å². The van der Waals surface area contributed by atoms with Crippen LogP contribution in [0.4, 0.5) is 0 Å². The van der Waals surface area contributed by atoms with Crippen LogP contribution in [0.2, 0.25) is 5.02 Å². The van der Waals surface area contributed by atoms with Crippen molar-refractivity contribution in [1.29, 1.82) is 0 Å². The van der Waals surface area contributed by atoms with Gasteiger partial charge in [0.05, 0.1) is 22.5 Å². The van der Waals surface area contributed by atoms with Gasteiger partial charge in [-0.15, -0.1) is 0 Å². The van der Waals surface area contributed by atoms with E-state index in [1.807, 2.05) is 17.7 Å². The first-order valence-corrected chi connectivity index (χ1v) is 8.02. The third-order valence-corrected chi connectivity index (χ3v) is 4.17. The average Bonchev–Trinajstić information content (AvgIpc) is 3.06. The van der Waals surface area contributed by atoms with Gasteiger partial charge in [0.15, 0.2) is 0 Å². The first-order chi connectivity index (χ1) is 10.1. The fourth-order valence-corrected chi connectivity index (χ4v) is 2.76. The molecule has 1 atom stereocenters. The quantitative estimate of drug-likeness (QED) is 0.843. The highest BCUT2D eigenvalue weighted by molar-refractivity contribution is 6.31. The van der Waals surface area contributed by atoms with Gasteiger partial charge >= 0.3 is 0 Å². The molecule has 2 heterocycles. The van der Waals surface area contributed by atoms with Crippen molar-refractivity contribution in [1.82, 2.24) is 15.1 Å². The molecule has 5 heteroatoms. The normalized spacial score (nSPS) is 12.8. The zero-order valence-corrected chi connectivity index (χ0v) is 14.0. The fourth-order valence-electron chi connectivity index (χ4n) is 2.55. The maximum absolute atomic E-state index is 6.42. The molecule has 21 heavy (non-hydrogen) atoms. The Labute approximate surface area is 131 Å². The summed E-state index contributed by atoms with van der Waals surface area (Å²) in [6.45, 7) is 9.92. The first kappa shape index (κ1) is 16.1. The molecule has 2 aromatic heterocycles. The van der Waals surface area contributed by atoms with Gasteiger partial charge in [-0.1, -0.05) is 25.4 Å². The standard InChI is InChI=1S/C16H24ClN3O/c1-5-12-8-9-15(21-12)13(18-6-2)10-14-16(17)11(4)19-20(14)7-3/h8-9,13,18H,5-7,10H2,1-4H3. The molecule has 0 saturated carbocycles. The van der Waals surface area contributed by atoms with Gasteiger partial charge in [0, 0.05) is 19.4 Å². The molecule has 0 amide bonds. The monoisotopic (exact) mass is 309 g/mol. The number of hydrogen-bond donors (Lipinski definition) is 1. The summed E-state index contributed by atoms with van der Waals surface area (Å²) >= 11 is 6.42. The van der Waals surface area contributed by atoms with Gasteiger partial charge in [-0.2, -0.15) is 5.10 Å². The number of nitrogens with one attached hydrogen (secondary N) is 1. The molecule has 0 bridgehead atoms. The molecule has 0 fully saturated rings. The zero-order valence-electron chi connectivity index (χ0n) is 13.2. The zero-order chi connectivity index (χ0) is 15.4. The number of aryl methyl sites for hydroxylation is 3. The Balaban J connectivity index is 2.27. The van der Waals surface area contributed by atoms with E-state index in [-0.39, 0.29) is 6.04 Å². The largest absolute Gasteiger partial charge is 0.464 e. The highest BCUT2D eigenvalue weighted by atomic mass is 35.5. The maximum atomic E-state index is 6.42. The van der Waals surface area contributed by atoms with E-state index in [4.69, 9.17) is 16.0 Å². The van der Waals surface area contributed by atoms with Crippen LogP contribution in [-0.4, -0.2) is 16.3 Å². The van der Waals surface area contributed by atoms with Crippen LogP contribution in [0, 0.1) is 6.92 Å². The number of furan rings is 1. The predicted molar refractivity (Wildman–Crippen MR) is 85.9 cm³/mol. The number of nitrogens with zero attached hydrogens (tertiary/aromatic N) is 2. The highest BCUT2D eigenvalue weighted by Gasteiger charge is 2.21. The van der Waals surface area contributed by atoms with Crippen molar-refractivity contribution >= 4 is 11.6 Å². The van der Waals surface area contributed by atoms with Crippen molar-refractivity contribution in [3.8, 4) is 0 Å². The van der Waals surface area contributed by atoms with Gasteiger partial charge in [-0.25, -0.2) is 0 Å². The smallest absolute Gasteiger partial charge is 0.121 e. The number of hydrogen-bond acceptors (Lipinski definition) is 3. The lowest BCUT2D eigenvalue weighted by Gasteiger charge is -2.16. The Kier molecular flexibility index (Phi) is 5.48. The van der Waals surface area contributed by atoms with Crippen molar-refractivity contribution in [2.45, 2.75) is 53.1 Å². The number of halogens is 1. The lowest BCUT2D eigenvalue weighted by molar-refractivity contribution is 0.391. The van der Waals surface area contributed by atoms with Gasteiger partial charge in [-0.3, -0.25) is 4.68 Å². The molecular formula is C16H24ClN3O. The van der Waals surface area contributed by atoms with Gasteiger partial charge < -0.3 is 9.73 Å². The topological polar surface area (TPSA) is 43.0 Å². The summed E-state index contributed by atoms with van der Waals surface area (Å²) in [4.78, 5) is 0. The van der Waals surface area contributed by atoms with Gasteiger partial charge in [-0.05, 0) is 32.5 Å². The minimum Gasteiger partial charge on any atom is -0.464 e. The molecular weight excluding hydrogens is 286 g/mol. The second-order valence-electron chi connectivity index (χ2n) is 5.13. The van der Waals surface area contributed by atoms with E-state index < -0.39 is 0 Å². The average molecular weight is 310 g/mol. The molecule has 0 aliphatic heterocycles. The Bertz CT molecular complexity index is 588. The predicted octanol–water partition coefficient (Wildman–Crippen LogP) is 3.91. The molecule has 0 saturated heterocycles. The van der Waals surface area contributed by atoms with Crippen LogP contribution >= 0.6 is 11.6 Å². The molecule has 0 aromatic carbocycles. The number of likely N-dealkylation sites (N-methyl/N-ethyl adjacent to an activating group) is 1. The van der Waals surface area contributed by atoms with E-state index in [1.54, 1.807) is 0 Å². The SMILES string of the molecule is CCNC(Cc1c(Cl)c(C)nn1CC)c1ccc(CC)o1. The first-order valence-electron chi connectivity index (χ1n) is 7.64. The van der Waals surface area contributed by atoms with Crippen LogP contribution in [-0.2, 0) is 19.4 Å². The van der Waals surface area contributed by atoms with Gasteiger partial charge in [0.1, 0.15) is 11.5 Å². The fraction of sp³-hybridized carbons (Fsp3) is 0.562. The molecule has 0 radical (unpaired) electrons. The molecule has 2 aromatic rings. The lowest BCUT2D eigenvalue weighted by Crippen LogP contribution is -2.24. The summed E-state index contributed by atoms with van der Waals surface area (Å²) in [5.74, 6) is 1.98. The maximum Gasteiger partial charge on any atom is 0.121 e. The highest BCUT2D eigenvalue weighted by Crippen LogP contribution is 2.27. The van der Waals surface area contributed by atoms with E-state index in [2.05, 4.69) is 37.3 Å². The van der Waals surface area contributed by atoms with Crippen molar-refractivity contribution < 1.29 is 4.42 Å². The molecule has 4 nitrogen and oxygen atoms in total. The third kappa shape index (κ3) is 3.50. The molecule has 1 unspecified atom stereocenters.